The summed E-state index contributed by atoms with van der Waals surface area (Å²) in [5.41, 5.74) is 3.20. The predicted octanol–water partition coefficient (Wildman–Crippen LogP) is 3.17. The van der Waals surface area contributed by atoms with Crippen molar-refractivity contribution in [3.63, 3.8) is 0 Å². The van der Waals surface area contributed by atoms with Gasteiger partial charge in [0.2, 0.25) is 5.95 Å². The number of carbonyl (C=O) groups excluding carboxylic acids is 1. The number of nitrogens with zero attached hydrogens (tertiary/aromatic N) is 4. The van der Waals surface area contributed by atoms with Crippen LogP contribution in [0.4, 0.5) is 17.3 Å². The van der Waals surface area contributed by atoms with E-state index >= 15 is 0 Å². The summed E-state index contributed by atoms with van der Waals surface area (Å²) in [6.07, 6.45) is 1.71. The van der Waals surface area contributed by atoms with Gasteiger partial charge in [-0.1, -0.05) is 18.2 Å². The standard InChI is InChI=1S/C22H20N6O2/c1-30-20-8-3-2-7-17(20)26-22-25-13-18-19(27-22)14-28(10-9-24-18)21(29)16-6-4-5-15(11-16)12-23/h2-8,11,13,24H,9-10,14H2,1H3,(H,25,26,27). The van der Waals surface area contributed by atoms with Crippen LogP contribution in [0.2, 0.25) is 0 Å². The lowest BCUT2D eigenvalue weighted by Gasteiger charge is -2.20. The molecule has 30 heavy (non-hydrogen) atoms. The van der Waals surface area contributed by atoms with E-state index in [0.29, 0.717) is 48.2 Å². The van der Waals surface area contributed by atoms with Crippen molar-refractivity contribution in [1.29, 1.82) is 5.26 Å². The van der Waals surface area contributed by atoms with Crippen molar-refractivity contribution in [2.24, 2.45) is 0 Å². The first kappa shape index (κ1) is 19.2. The van der Waals surface area contributed by atoms with Crippen LogP contribution >= 0.6 is 0 Å². The number of hydrogen-bond donors (Lipinski definition) is 2. The topological polar surface area (TPSA) is 103 Å². The number of carbonyl (C=O) groups is 1. The van der Waals surface area contributed by atoms with Gasteiger partial charge in [0.05, 0.1) is 48.6 Å². The van der Waals surface area contributed by atoms with Crippen molar-refractivity contribution in [2.45, 2.75) is 6.54 Å². The largest absolute Gasteiger partial charge is 0.495 e. The molecule has 1 aromatic heterocycles. The number of benzene rings is 2. The Labute approximate surface area is 174 Å². The lowest BCUT2D eigenvalue weighted by Crippen LogP contribution is -2.32. The molecule has 0 bridgehead atoms. The van der Waals surface area contributed by atoms with Crippen LogP contribution in [0.15, 0.2) is 54.7 Å². The lowest BCUT2D eigenvalue weighted by molar-refractivity contribution is 0.0751. The third-order valence-electron chi connectivity index (χ3n) is 4.78. The second kappa shape index (κ2) is 8.49. The van der Waals surface area contributed by atoms with E-state index in [2.05, 4.69) is 26.7 Å². The summed E-state index contributed by atoms with van der Waals surface area (Å²) >= 11 is 0. The van der Waals surface area contributed by atoms with Gasteiger partial charge in [-0.2, -0.15) is 5.26 Å². The van der Waals surface area contributed by atoms with Gasteiger partial charge in [0.1, 0.15) is 5.75 Å². The Morgan fingerprint density at radius 1 is 1.27 bits per heavy atom. The molecule has 1 aliphatic rings. The average molecular weight is 400 g/mol. The van der Waals surface area contributed by atoms with Gasteiger partial charge in [-0.25, -0.2) is 9.97 Å². The van der Waals surface area contributed by atoms with Crippen LogP contribution in [0, 0.1) is 11.3 Å². The number of hydrogen-bond acceptors (Lipinski definition) is 7. The monoisotopic (exact) mass is 400 g/mol. The zero-order chi connectivity index (χ0) is 20.9. The Bertz CT molecular complexity index is 1120. The summed E-state index contributed by atoms with van der Waals surface area (Å²) in [4.78, 5) is 23.7. The van der Waals surface area contributed by atoms with E-state index in [0.717, 1.165) is 11.4 Å². The number of nitrogens with one attached hydrogen (secondary N) is 2. The third kappa shape index (κ3) is 4.00. The van der Waals surface area contributed by atoms with E-state index in [1.165, 1.54) is 0 Å². The summed E-state index contributed by atoms with van der Waals surface area (Å²) in [6.45, 7) is 1.43. The van der Waals surface area contributed by atoms with Crippen LogP contribution in [-0.4, -0.2) is 41.0 Å². The van der Waals surface area contributed by atoms with E-state index < -0.39 is 0 Å². The van der Waals surface area contributed by atoms with Crippen molar-refractivity contribution in [3.05, 3.63) is 71.5 Å². The SMILES string of the molecule is COc1ccccc1Nc1ncc2c(n1)CN(C(=O)c1cccc(C#N)c1)CCN2. The molecule has 150 valence electrons. The maximum Gasteiger partial charge on any atom is 0.254 e. The molecule has 0 spiro atoms. The van der Waals surface area contributed by atoms with Gasteiger partial charge in [-0.15, -0.1) is 0 Å². The molecule has 0 aliphatic carbocycles. The van der Waals surface area contributed by atoms with Crippen LogP contribution in [-0.2, 0) is 6.54 Å². The number of anilines is 3. The quantitative estimate of drug-likeness (QED) is 0.693. The minimum Gasteiger partial charge on any atom is -0.495 e. The molecule has 8 nitrogen and oxygen atoms in total. The van der Waals surface area contributed by atoms with Gasteiger partial charge in [-0.05, 0) is 30.3 Å². The Morgan fingerprint density at radius 3 is 2.97 bits per heavy atom. The first-order valence-electron chi connectivity index (χ1n) is 9.47. The molecule has 1 amide bonds. The van der Waals surface area contributed by atoms with Crippen molar-refractivity contribution in [2.75, 3.05) is 30.8 Å². The summed E-state index contributed by atoms with van der Waals surface area (Å²) in [5.74, 6) is 0.962. The van der Waals surface area contributed by atoms with Crippen LogP contribution in [0.25, 0.3) is 0 Å². The second-order valence-electron chi connectivity index (χ2n) is 6.73. The lowest BCUT2D eigenvalue weighted by atomic mass is 10.1. The van der Waals surface area contributed by atoms with Gasteiger partial charge < -0.3 is 20.3 Å². The highest BCUT2D eigenvalue weighted by molar-refractivity contribution is 5.94. The van der Waals surface area contributed by atoms with Gasteiger partial charge in [0, 0.05) is 18.7 Å². The number of aromatic nitrogens is 2. The number of rotatable bonds is 4. The van der Waals surface area contributed by atoms with E-state index in [1.807, 2.05) is 24.3 Å². The fourth-order valence-electron chi connectivity index (χ4n) is 3.28. The number of para-hydroxylation sites is 2. The summed E-state index contributed by atoms with van der Waals surface area (Å²) < 4.78 is 5.36. The first-order valence-corrected chi connectivity index (χ1v) is 9.47. The minimum atomic E-state index is -0.139. The van der Waals surface area contributed by atoms with Crippen molar-refractivity contribution >= 4 is 23.2 Å². The normalized spacial score (nSPS) is 12.7. The summed E-state index contributed by atoms with van der Waals surface area (Å²) in [5, 5.41) is 15.5. The van der Waals surface area contributed by atoms with Gasteiger partial charge in [0.15, 0.2) is 0 Å². The molecule has 3 aromatic rings. The zero-order valence-electron chi connectivity index (χ0n) is 16.4. The van der Waals surface area contributed by atoms with Crippen molar-refractivity contribution in [3.8, 4) is 11.8 Å². The smallest absolute Gasteiger partial charge is 0.254 e. The van der Waals surface area contributed by atoms with Gasteiger partial charge in [0.25, 0.3) is 5.91 Å². The molecule has 0 unspecified atom stereocenters. The van der Waals surface area contributed by atoms with Crippen LogP contribution < -0.4 is 15.4 Å². The molecule has 0 atom stereocenters. The molecule has 2 heterocycles. The van der Waals surface area contributed by atoms with E-state index in [-0.39, 0.29) is 5.91 Å². The molecular weight excluding hydrogens is 380 g/mol. The maximum atomic E-state index is 13.0. The minimum absolute atomic E-state index is 0.139. The molecule has 2 aromatic carbocycles. The molecule has 2 N–H and O–H groups in total. The maximum absolute atomic E-state index is 13.0. The fraction of sp³-hybridized carbons (Fsp3) is 0.182. The number of methoxy groups -OCH3 is 1. The number of amides is 1. The highest BCUT2D eigenvalue weighted by Crippen LogP contribution is 2.27. The molecule has 8 heteroatoms. The van der Waals surface area contributed by atoms with Gasteiger partial charge in [-0.3, -0.25) is 4.79 Å². The highest BCUT2D eigenvalue weighted by atomic mass is 16.5. The Kier molecular flexibility index (Phi) is 5.44. The molecule has 0 saturated heterocycles. The predicted molar refractivity (Wildman–Crippen MR) is 113 cm³/mol. The molecule has 0 saturated carbocycles. The molecule has 1 aliphatic heterocycles. The van der Waals surface area contributed by atoms with Crippen molar-refractivity contribution < 1.29 is 9.53 Å². The van der Waals surface area contributed by atoms with Crippen molar-refractivity contribution in [1.82, 2.24) is 14.9 Å². The Morgan fingerprint density at radius 2 is 2.13 bits per heavy atom. The second-order valence-corrected chi connectivity index (χ2v) is 6.73. The zero-order valence-corrected chi connectivity index (χ0v) is 16.4. The number of fused-ring (bicyclic) bond motifs is 1. The van der Waals surface area contributed by atoms with Gasteiger partial charge >= 0.3 is 0 Å². The molecule has 4 rings (SSSR count). The highest BCUT2D eigenvalue weighted by Gasteiger charge is 2.22. The van der Waals surface area contributed by atoms with Crippen LogP contribution in [0.5, 0.6) is 5.75 Å². The van der Waals surface area contributed by atoms with E-state index in [4.69, 9.17) is 10.00 Å². The van der Waals surface area contributed by atoms with Crippen LogP contribution in [0.1, 0.15) is 21.6 Å². The van der Waals surface area contributed by atoms with E-state index in [1.54, 1.807) is 42.5 Å². The number of nitriles is 1. The van der Waals surface area contributed by atoms with Crippen LogP contribution in [0.3, 0.4) is 0 Å². The summed E-state index contributed by atoms with van der Waals surface area (Å²) in [6, 6.07) is 16.3. The fourth-order valence-corrected chi connectivity index (χ4v) is 3.28. The Hall–Kier alpha value is -4.12. The molecule has 0 fully saturated rings. The Balaban J connectivity index is 1.58. The average Bonchev–Trinajstić information content (AvgIpc) is 3.01. The number of ether oxygens (including phenoxy) is 1. The van der Waals surface area contributed by atoms with E-state index in [9.17, 15) is 4.79 Å². The third-order valence-corrected chi connectivity index (χ3v) is 4.78. The first-order chi connectivity index (χ1) is 14.7. The summed E-state index contributed by atoms with van der Waals surface area (Å²) in [7, 11) is 1.60. The molecular formula is C22H20N6O2. The molecule has 0 radical (unpaired) electrons.